The van der Waals surface area contributed by atoms with Crippen molar-refractivity contribution in [1.29, 1.82) is 0 Å². The summed E-state index contributed by atoms with van der Waals surface area (Å²) in [6.45, 7) is 9.65. The summed E-state index contributed by atoms with van der Waals surface area (Å²) >= 11 is 6.16. The van der Waals surface area contributed by atoms with E-state index in [-0.39, 0.29) is 17.9 Å². The Morgan fingerprint density at radius 3 is 2.21 bits per heavy atom. The molecule has 1 aliphatic rings. The molecule has 3 aromatic carbocycles. The van der Waals surface area contributed by atoms with Gasteiger partial charge in [0.1, 0.15) is 11.8 Å². The highest BCUT2D eigenvalue weighted by Crippen LogP contribution is 2.34. The topological polar surface area (TPSA) is 84.0 Å². The number of hydrogen-bond donors (Lipinski definition) is 0. The molecule has 1 atom stereocenters. The first-order valence-corrected chi connectivity index (χ1v) is 14.7. The Hall–Kier alpha value is -3.20. The van der Waals surface area contributed by atoms with E-state index in [2.05, 4.69) is 0 Å². The first kappa shape index (κ1) is 28.8. The van der Waals surface area contributed by atoms with Crippen molar-refractivity contribution in [1.82, 2.24) is 4.31 Å². The number of hydrogen-bond acceptors (Lipinski definition) is 5. The molecule has 1 aliphatic heterocycles. The molecule has 0 aromatic heterocycles. The van der Waals surface area contributed by atoms with Gasteiger partial charge in [0.25, 0.3) is 5.91 Å². The van der Waals surface area contributed by atoms with Gasteiger partial charge in [0, 0.05) is 11.6 Å². The Kier molecular flexibility index (Phi) is 8.49. The lowest BCUT2D eigenvalue weighted by Crippen LogP contribution is -2.46. The number of anilines is 1. The lowest BCUT2D eigenvalue weighted by molar-refractivity contribution is -0.122. The largest absolute Gasteiger partial charge is 0.494 e. The molecule has 1 fully saturated rings. The lowest BCUT2D eigenvalue weighted by atomic mass is 10.0. The summed E-state index contributed by atoms with van der Waals surface area (Å²) in [5, 5.41) is 0.539. The molecule has 3 aromatic rings. The highest BCUT2D eigenvalue weighted by molar-refractivity contribution is 7.89. The number of imide groups is 1. The van der Waals surface area contributed by atoms with Crippen LogP contribution in [0.3, 0.4) is 0 Å². The van der Waals surface area contributed by atoms with E-state index in [4.69, 9.17) is 16.3 Å². The van der Waals surface area contributed by atoms with Crippen LogP contribution in [0, 0.1) is 27.7 Å². The van der Waals surface area contributed by atoms with Crippen LogP contribution in [0.15, 0.2) is 59.5 Å². The van der Waals surface area contributed by atoms with E-state index in [0.717, 1.165) is 21.6 Å². The fourth-order valence-corrected chi connectivity index (χ4v) is 7.41. The second-order valence-electron chi connectivity index (χ2n) is 9.80. The van der Waals surface area contributed by atoms with Crippen molar-refractivity contribution in [2.75, 3.05) is 18.1 Å². The van der Waals surface area contributed by atoms with Gasteiger partial charge in [0.2, 0.25) is 15.9 Å². The first-order valence-electron chi connectivity index (χ1n) is 12.9. The van der Waals surface area contributed by atoms with Gasteiger partial charge in [0.05, 0.1) is 23.6 Å². The van der Waals surface area contributed by atoms with Gasteiger partial charge in [-0.3, -0.25) is 9.59 Å². The number of carbonyl (C=O) groups excluding carboxylic acids is 2. The average Bonchev–Trinajstić information content (AvgIpc) is 3.17. The summed E-state index contributed by atoms with van der Waals surface area (Å²) in [4.78, 5) is 28.2. The third-order valence-corrected chi connectivity index (χ3v) is 9.67. The minimum Gasteiger partial charge on any atom is -0.494 e. The molecule has 9 heteroatoms. The Morgan fingerprint density at radius 1 is 0.974 bits per heavy atom. The van der Waals surface area contributed by atoms with Crippen molar-refractivity contribution >= 4 is 39.1 Å². The van der Waals surface area contributed by atoms with Crippen LogP contribution in [-0.2, 0) is 26.0 Å². The lowest BCUT2D eigenvalue weighted by Gasteiger charge is -2.29. The van der Waals surface area contributed by atoms with Gasteiger partial charge in [-0.25, -0.2) is 13.3 Å². The van der Waals surface area contributed by atoms with Crippen molar-refractivity contribution in [3.05, 3.63) is 87.4 Å². The van der Waals surface area contributed by atoms with E-state index < -0.39 is 27.9 Å². The van der Waals surface area contributed by atoms with E-state index in [1.807, 2.05) is 32.9 Å². The zero-order valence-corrected chi connectivity index (χ0v) is 24.4. The van der Waals surface area contributed by atoms with E-state index in [1.165, 1.54) is 4.31 Å². The van der Waals surface area contributed by atoms with Crippen molar-refractivity contribution < 1.29 is 22.7 Å². The maximum atomic E-state index is 14.4. The molecule has 0 aliphatic carbocycles. The number of ether oxygens (including phenoxy) is 1. The number of amides is 2. The molecule has 0 saturated carbocycles. The predicted molar refractivity (Wildman–Crippen MR) is 153 cm³/mol. The molecule has 0 spiro atoms. The van der Waals surface area contributed by atoms with Crippen molar-refractivity contribution in [3.63, 3.8) is 0 Å². The second-order valence-corrected chi connectivity index (χ2v) is 12.1. The molecule has 0 radical (unpaired) electrons. The number of benzene rings is 3. The molecule has 7 nitrogen and oxygen atoms in total. The van der Waals surface area contributed by atoms with Gasteiger partial charge in [0.15, 0.2) is 0 Å². The quantitative estimate of drug-likeness (QED) is 0.317. The molecule has 0 bridgehead atoms. The van der Waals surface area contributed by atoms with Gasteiger partial charge in [-0.05, 0) is 105 Å². The minimum atomic E-state index is -4.17. The number of carbonyl (C=O) groups is 2. The van der Waals surface area contributed by atoms with Gasteiger partial charge in [-0.2, -0.15) is 4.31 Å². The van der Waals surface area contributed by atoms with Gasteiger partial charge >= 0.3 is 0 Å². The van der Waals surface area contributed by atoms with E-state index in [9.17, 15) is 18.0 Å². The zero-order valence-electron chi connectivity index (χ0n) is 22.8. The maximum Gasteiger partial charge on any atom is 0.252 e. The van der Waals surface area contributed by atoms with E-state index >= 15 is 0 Å². The van der Waals surface area contributed by atoms with E-state index in [1.54, 1.807) is 56.3 Å². The molecule has 1 unspecified atom stereocenters. The Bertz CT molecular complexity index is 1490. The molecule has 4 rings (SSSR count). The zero-order chi connectivity index (χ0) is 28.5. The van der Waals surface area contributed by atoms with Gasteiger partial charge in [-0.1, -0.05) is 29.8 Å². The van der Waals surface area contributed by atoms with E-state index in [0.29, 0.717) is 40.6 Å². The Morgan fingerprint density at radius 2 is 1.62 bits per heavy atom. The van der Waals surface area contributed by atoms with Crippen LogP contribution in [0.4, 0.5) is 5.69 Å². The highest BCUT2D eigenvalue weighted by Gasteiger charge is 2.47. The van der Waals surface area contributed by atoms with Crippen LogP contribution in [0.25, 0.3) is 0 Å². The SMILES string of the molecule is CCOc1ccc(N2C(=O)CC(N(CCc3cccc(Cl)c3)S(=O)(=O)c3c(C)c(C)cc(C)c3C)C2=O)cc1. The van der Waals surface area contributed by atoms with Crippen LogP contribution in [-0.4, -0.2) is 43.7 Å². The highest BCUT2D eigenvalue weighted by atomic mass is 35.5. The summed E-state index contributed by atoms with van der Waals surface area (Å²) in [7, 11) is -4.17. The monoisotopic (exact) mass is 568 g/mol. The van der Waals surface area contributed by atoms with Crippen LogP contribution in [0.5, 0.6) is 5.75 Å². The summed E-state index contributed by atoms with van der Waals surface area (Å²) < 4.78 is 35.4. The average molecular weight is 569 g/mol. The smallest absolute Gasteiger partial charge is 0.252 e. The molecule has 2 amide bonds. The van der Waals surface area contributed by atoms with Crippen molar-refractivity contribution in [2.24, 2.45) is 0 Å². The Balaban J connectivity index is 1.76. The molecule has 39 heavy (non-hydrogen) atoms. The van der Waals surface area contributed by atoms with Crippen LogP contribution in [0.1, 0.15) is 41.2 Å². The third-order valence-electron chi connectivity index (χ3n) is 7.25. The summed E-state index contributed by atoms with van der Waals surface area (Å²) in [5.74, 6) is -0.409. The number of rotatable bonds is 9. The summed E-state index contributed by atoms with van der Waals surface area (Å²) in [6.07, 6.45) is 0.0768. The number of aryl methyl sites for hydroxylation is 2. The minimum absolute atomic E-state index is 0.00928. The number of nitrogens with zero attached hydrogens (tertiary/aromatic N) is 2. The summed E-state index contributed by atoms with van der Waals surface area (Å²) in [6, 6.07) is 14.6. The van der Waals surface area contributed by atoms with Crippen LogP contribution >= 0.6 is 11.6 Å². The van der Waals surface area contributed by atoms with Gasteiger partial charge in [-0.15, -0.1) is 0 Å². The van der Waals surface area contributed by atoms with Crippen molar-refractivity contribution in [2.45, 2.75) is 58.4 Å². The first-order chi connectivity index (χ1) is 18.4. The molecule has 206 valence electrons. The maximum absolute atomic E-state index is 14.4. The second kappa shape index (κ2) is 11.5. The standard InChI is InChI=1S/C30H33ClN2O5S/c1-6-38-26-12-10-25(11-13-26)33-28(34)18-27(30(33)35)32(15-14-23-8-7-9-24(31)17-23)39(36,37)29-21(4)19(2)16-20(3)22(29)5/h7-13,16-17,27H,6,14-15,18H2,1-5H3. The van der Waals surface area contributed by atoms with Crippen molar-refractivity contribution in [3.8, 4) is 5.75 Å². The van der Waals surface area contributed by atoms with Crippen LogP contribution < -0.4 is 9.64 Å². The number of halogens is 1. The fraction of sp³-hybridized carbons (Fsp3) is 0.333. The molecule has 1 heterocycles. The van der Waals surface area contributed by atoms with Crippen LogP contribution in [0.2, 0.25) is 5.02 Å². The molecular weight excluding hydrogens is 536 g/mol. The molecular formula is C30H33ClN2O5S. The molecule has 1 saturated heterocycles. The molecule has 0 N–H and O–H groups in total. The van der Waals surface area contributed by atoms with Gasteiger partial charge < -0.3 is 4.74 Å². The fourth-order valence-electron chi connectivity index (χ4n) is 5.03. The Labute approximate surface area is 235 Å². The predicted octanol–water partition coefficient (Wildman–Crippen LogP) is 5.54. The third kappa shape index (κ3) is 5.73. The normalized spacial score (nSPS) is 15.9. The number of sulfonamides is 1. The summed E-state index contributed by atoms with van der Waals surface area (Å²) in [5.41, 5.74) is 4.16.